The predicted octanol–water partition coefficient (Wildman–Crippen LogP) is 3.36. The Morgan fingerprint density at radius 3 is 2.38 bits per heavy atom. The molecule has 0 bridgehead atoms. The molecule has 0 atom stereocenters. The summed E-state index contributed by atoms with van der Waals surface area (Å²) in [6, 6.07) is 3.65. The smallest absolute Gasteiger partial charge is 0.166 e. The Bertz CT molecular complexity index is 458. The van der Waals surface area contributed by atoms with Crippen molar-refractivity contribution in [3.8, 4) is 11.5 Å². The molecular formula is C17H27NO3. The number of Topliss-reactive ketones (excluding diaryl/α,β-unsaturated/α-hetero) is 1. The predicted molar refractivity (Wildman–Crippen MR) is 85.4 cm³/mol. The molecule has 2 N–H and O–H groups in total. The number of rotatable bonds is 10. The molecule has 0 aliphatic carbocycles. The third kappa shape index (κ3) is 5.05. The van der Waals surface area contributed by atoms with Gasteiger partial charge in [-0.3, -0.25) is 4.79 Å². The molecule has 21 heavy (non-hydrogen) atoms. The van der Waals surface area contributed by atoms with Crippen molar-refractivity contribution in [2.24, 2.45) is 5.73 Å². The van der Waals surface area contributed by atoms with Crippen LogP contribution in [-0.4, -0.2) is 26.5 Å². The van der Waals surface area contributed by atoms with Crippen LogP contribution < -0.4 is 15.2 Å². The van der Waals surface area contributed by atoms with E-state index in [1.807, 2.05) is 6.07 Å². The Balaban J connectivity index is 2.91. The molecule has 0 spiro atoms. The molecule has 0 saturated carbocycles. The first-order valence-electron chi connectivity index (χ1n) is 7.66. The maximum absolute atomic E-state index is 12.4. The van der Waals surface area contributed by atoms with E-state index in [0.717, 1.165) is 18.4 Å². The second kappa shape index (κ2) is 9.40. The summed E-state index contributed by atoms with van der Waals surface area (Å²) in [6.07, 6.45) is 5.60. The molecule has 118 valence electrons. The normalized spacial score (nSPS) is 10.5. The quantitative estimate of drug-likeness (QED) is 0.531. The number of unbranched alkanes of at least 4 members (excludes halogenated alkanes) is 3. The minimum Gasteiger partial charge on any atom is -0.496 e. The molecule has 0 aliphatic heterocycles. The third-order valence-electron chi connectivity index (χ3n) is 3.57. The van der Waals surface area contributed by atoms with Crippen LogP contribution in [-0.2, 0) is 6.42 Å². The largest absolute Gasteiger partial charge is 0.496 e. The Kier molecular flexibility index (Phi) is 7.83. The van der Waals surface area contributed by atoms with Crippen LogP contribution in [0.3, 0.4) is 0 Å². The van der Waals surface area contributed by atoms with Crippen molar-refractivity contribution in [1.82, 2.24) is 0 Å². The number of ether oxygens (including phenoxy) is 2. The van der Waals surface area contributed by atoms with Gasteiger partial charge >= 0.3 is 0 Å². The average Bonchev–Trinajstić information content (AvgIpc) is 2.51. The molecule has 1 aromatic carbocycles. The van der Waals surface area contributed by atoms with E-state index in [-0.39, 0.29) is 5.78 Å². The number of methoxy groups -OCH3 is 2. The highest BCUT2D eigenvalue weighted by Gasteiger charge is 2.16. The fourth-order valence-electron chi connectivity index (χ4n) is 2.38. The van der Waals surface area contributed by atoms with Crippen LogP contribution in [0.25, 0.3) is 0 Å². The van der Waals surface area contributed by atoms with Gasteiger partial charge in [0.25, 0.3) is 0 Å². The van der Waals surface area contributed by atoms with E-state index in [0.29, 0.717) is 36.4 Å². The van der Waals surface area contributed by atoms with Crippen LogP contribution in [0.4, 0.5) is 0 Å². The summed E-state index contributed by atoms with van der Waals surface area (Å²) in [5, 5.41) is 0. The molecule has 0 saturated heterocycles. The van der Waals surface area contributed by atoms with E-state index >= 15 is 0 Å². The summed E-state index contributed by atoms with van der Waals surface area (Å²) in [4.78, 5) is 12.4. The first-order valence-corrected chi connectivity index (χ1v) is 7.66. The summed E-state index contributed by atoms with van der Waals surface area (Å²) >= 11 is 0. The number of nitrogens with two attached hydrogens (primary N) is 1. The number of carbonyl (C=O) groups excluding carboxylic acids is 1. The van der Waals surface area contributed by atoms with Crippen molar-refractivity contribution >= 4 is 5.78 Å². The summed E-state index contributed by atoms with van der Waals surface area (Å²) in [5.41, 5.74) is 7.18. The lowest BCUT2D eigenvalue weighted by atomic mass is 10.00. The SMILES string of the molecule is CCCCCCC(=O)c1cc(OC)c(CCN)cc1OC. The van der Waals surface area contributed by atoms with E-state index in [2.05, 4.69) is 6.92 Å². The molecule has 4 nitrogen and oxygen atoms in total. The number of benzene rings is 1. The first-order chi connectivity index (χ1) is 10.2. The van der Waals surface area contributed by atoms with Crippen LogP contribution in [0.2, 0.25) is 0 Å². The zero-order valence-corrected chi connectivity index (χ0v) is 13.4. The average molecular weight is 293 g/mol. The molecule has 0 aromatic heterocycles. The Hall–Kier alpha value is -1.55. The second-order valence-corrected chi connectivity index (χ2v) is 5.14. The Morgan fingerprint density at radius 1 is 1.10 bits per heavy atom. The van der Waals surface area contributed by atoms with Gasteiger partial charge in [-0.15, -0.1) is 0 Å². The Labute approximate surface area is 127 Å². The minimum absolute atomic E-state index is 0.112. The molecule has 4 heteroatoms. The molecule has 1 aromatic rings. The van der Waals surface area contributed by atoms with Crippen LogP contribution in [0.5, 0.6) is 11.5 Å². The van der Waals surface area contributed by atoms with Crippen LogP contribution >= 0.6 is 0 Å². The lowest BCUT2D eigenvalue weighted by molar-refractivity contribution is 0.0976. The van der Waals surface area contributed by atoms with Gasteiger partial charge in [0.05, 0.1) is 19.8 Å². The second-order valence-electron chi connectivity index (χ2n) is 5.14. The molecule has 0 radical (unpaired) electrons. The van der Waals surface area contributed by atoms with Gasteiger partial charge in [0.1, 0.15) is 11.5 Å². The fourth-order valence-corrected chi connectivity index (χ4v) is 2.38. The first kappa shape index (κ1) is 17.5. The van der Waals surface area contributed by atoms with Gasteiger partial charge in [-0.2, -0.15) is 0 Å². The van der Waals surface area contributed by atoms with E-state index in [1.165, 1.54) is 12.8 Å². The number of hydrogen-bond acceptors (Lipinski definition) is 4. The molecule has 0 heterocycles. The fraction of sp³-hybridized carbons (Fsp3) is 0.588. The van der Waals surface area contributed by atoms with Gasteiger partial charge in [0.2, 0.25) is 0 Å². The lowest BCUT2D eigenvalue weighted by Gasteiger charge is -2.14. The molecule has 0 amide bonds. The van der Waals surface area contributed by atoms with E-state index < -0.39 is 0 Å². The number of carbonyl (C=O) groups is 1. The van der Waals surface area contributed by atoms with Gasteiger partial charge in [0, 0.05) is 6.42 Å². The Morgan fingerprint density at radius 2 is 1.81 bits per heavy atom. The highest BCUT2D eigenvalue weighted by Crippen LogP contribution is 2.30. The molecule has 0 fully saturated rings. The minimum atomic E-state index is 0.112. The van der Waals surface area contributed by atoms with Crippen molar-refractivity contribution in [2.75, 3.05) is 20.8 Å². The molecule has 0 unspecified atom stereocenters. The summed E-state index contributed by atoms with van der Waals surface area (Å²) < 4.78 is 10.7. The van der Waals surface area contributed by atoms with Gasteiger partial charge in [-0.1, -0.05) is 26.2 Å². The van der Waals surface area contributed by atoms with Crippen molar-refractivity contribution in [1.29, 1.82) is 0 Å². The number of hydrogen-bond donors (Lipinski definition) is 1. The highest BCUT2D eigenvalue weighted by atomic mass is 16.5. The maximum atomic E-state index is 12.4. The van der Waals surface area contributed by atoms with Crippen LogP contribution in [0.15, 0.2) is 12.1 Å². The summed E-state index contributed by atoms with van der Waals surface area (Å²) in [5.74, 6) is 1.43. The molecular weight excluding hydrogens is 266 g/mol. The van der Waals surface area contributed by atoms with Gasteiger partial charge in [0.15, 0.2) is 5.78 Å². The van der Waals surface area contributed by atoms with E-state index in [9.17, 15) is 4.79 Å². The standard InChI is InChI=1S/C17H27NO3/c1-4-5-6-7-8-15(19)14-12-16(20-2)13(9-10-18)11-17(14)21-3/h11-12H,4-10,18H2,1-3H3. The van der Waals surface area contributed by atoms with Crippen LogP contribution in [0, 0.1) is 0 Å². The lowest BCUT2D eigenvalue weighted by Crippen LogP contribution is -2.08. The van der Waals surface area contributed by atoms with Gasteiger partial charge in [-0.05, 0) is 37.1 Å². The zero-order chi connectivity index (χ0) is 15.7. The number of ketones is 1. The van der Waals surface area contributed by atoms with Crippen molar-refractivity contribution < 1.29 is 14.3 Å². The summed E-state index contributed by atoms with van der Waals surface area (Å²) in [7, 11) is 3.19. The maximum Gasteiger partial charge on any atom is 0.166 e. The van der Waals surface area contributed by atoms with Gasteiger partial charge < -0.3 is 15.2 Å². The van der Waals surface area contributed by atoms with E-state index in [4.69, 9.17) is 15.2 Å². The van der Waals surface area contributed by atoms with Crippen molar-refractivity contribution in [3.05, 3.63) is 23.3 Å². The topological polar surface area (TPSA) is 61.5 Å². The zero-order valence-electron chi connectivity index (χ0n) is 13.4. The molecule has 0 aliphatic rings. The molecule has 1 rings (SSSR count). The highest BCUT2D eigenvalue weighted by molar-refractivity contribution is 5.99. The summed E-state index contributed by atoms with van der Waals surface area (Å²) in [6.45, 7) is 2.69. The third-order valence-corrected chi connectivity index (χ3v) is 3.57. The van der Waals surface area contributed by atoms with E-state index in [1.54, 1.807) is 20.3 Å². The monoisotopic (exact) mass is 293 g/mol. The van der Waals surface area contributed by atoms with Crippen LogP contribution in [0.1, 0.15) is 54.9 Å². The van der Waals surface area contributed by atoms with Crippen molar-refractivity contribution in [3.63, 3.8) is 0 Å². The van der Waals surface area contributed by atoms with Crippen molar-refractivity contribution in [2.45, 2.75) is 45.4 Å². The van der Waals surface area contributed by atoms with Gasteiger partial charge in [-0.25, -0.2) is 0 Å².